The number of ether oxygens (including phenoxy) is 1. The highest BCUT2D eigenvalue weighted by Crippen LogP contribution is 1.94. The minimum absolute atomic E-state index is 0.0251. The molecule has 0 N–H and O–H groups in total. The van der Waals surface area contributed by atoms with Crippen LogP contribution in [-0.4, -0.2) is 22.8 Å². The van der Waals surface area contributed by atoms with Crippen molar-refractivity contribution in [1.29, 1.82) is 0 Å². The van der Waals surface area contributed by atoms with Crippen molar-refractivity contribution < 1.29 is 4.74 Å². The summed E-state index contributed by atoms with van der Waals surface area (Å²) >= 11 is 1.99. The molecule has 0 saturated heterocycles. The van der Waals surface area contributed by atoms with E-state index in [1.165, 1.54) is 0 Å². The highest BCUT2D eigenvalue weighted by atomic mass is 127. The van der Waals surface area contributed by atoms with E-state index < -0.39 is 0 Å². The summed E-state index contributed by atoms with van der Waals surface area (Å²) in [6.07, 6.45) is 3.98. The van der Waals surface area contributed by atoms with Gasteiger partial charge in [0, 0.05) is 26.0 Å². The average Bonchev–Trinajstić information content (AvgIpc) is 2.19. The molecule has 0 unspecified atom stereocenters. The third-order valence-electron chi connectivity index (χ3n) is 1.75. The van der Waals surface area contributed by atoms with E-state index in [1.54, 1.807) is 17.1 Å². The number of aromatic nitrogens is 2. The number of halogens is 1. The van der Waals surface area contributed by atoms with Crippen LogP contribution in [0.2, 0.25) is 0 Å². The van der Waals surface area contributed by atoms with Crippen molar-refractivity contribution in [3.63, 3.8) is 0 Å². The Morgan fingerprint density at radius 1 is 1.64 bits per heavy atom. The molecule has 14 heavy (non-hydrogen) atoms. The number of nitrogens with zero attached hydrogens (tertiary/aromatic N) is 2. The van der Waals surface area contributed by atoms with Crippen LogP contribution in [0.15, 0.2) is 17.3 Å². The Morgan fingerprint density at radius 3 is 3.14 bits per heavy atom. The molecular formula is C9H13IN2O2. The van der Waals surface area contributed by atoms with Crippen LogP contribution in [0.1, 0.15) is 13.3 Å². The van der Waals surface area contributed by atoms with Crippen molar-refractivity contribution in [3.8, 4) is 0 Å². The van der Waals surface area contributed by atoms with Gasteiger partial charge in [-0.2, -0.15) is 0 Å². The van der Waals surface area contributed by atoms with Crippen molar-refractivity contribution in [2.24, 2.45) is 0 Å². The molecule has 0 atom stereocenters. The predicted octanol–water partition coefficient (Wildman–Crippen LogP) is 1.27. The van der Waals surface area contributed by atoms with Crippen LogP contribution < -0.4 is 5.56 Å². The van der Waals surface area contributed by atoms with Crippen LogP contribution in [0.5, 0.6) is 0 Å². The summed E-state index contributed by atoms with van der Waals surface area (Å²) in [7, 11) is 0. The van der Waals surface area contributed by atoms with Crippen LogP contribution in [0.25, 0.3) is 0 Å². The van der Waals surface area contributed by atoms with Gasteiger partial charge >= 0.3 is 0 Å². The maximum Gasteiger partial charge on any atom is 0.266 e. The van der Waals surface area contributed by atoms with Gasteiger partial charge in [0.05, 0.1) is 9.90 Å². The molecule has 0 fully saturated rings. The molecule has 1 aromatic heterocycles. The van der Waals surface area contributed by atoms with E-state index in [0.717, 1.165) is 13.0 Å². The van der Waals surface area contributed by atoms with Crippen molar-refractivity contribution in [2.45, 2.75) is 19.9 Å². The van der Waals surface area contributed by atoms with E-state index in [2.05, 4.69) is 4.98 Å². The van der Waals surface area contributed by atoms with Gasteiger partial charge in [-0.3, -0.25) is 9.36 Å². The third-order valence-corrected chi connectivity index (χ3v) is 2.49. The smallest absolute Gasteiger partial charge is 0.266 e. The number of rotatable bonds is 5. The molecule has 5 heteroatoms. The standard InChI is InChI=1S/C9H13IN2O2/c1-2-14-5-3-4-12-7-11-6-8(10)9(12)13/h6-7H,2-5H2,1H3. The predicted molar refractivity (Wildman–Crippen MR) is 62.3 cm³/mol. The Morgan fingerprint density at radius 2 is 2.43 bits per heavy atom. The van der Waals surface area contributed by atoms with E-state index in [0.29, 0.717) is 16.7 Å². The maximum atomic E-state index is 11.5. The molecule has 0 amide bonds. The zero-order valence-corrected chi connectivity index (χ0v) is 10.2. The largest absolute Gasteiger partial charge is 0.382 e. The Bertz CT molecular complexity index is 338. The first-order chi connectivity index (χ1) is 6.75. The van der Waals surface area contributed by atoms with E-state index >= 15 is 0 Å². The normalized spacial score (nSPS) is 10.4. The molecule has 0 radical (unpaired) electrons. The highest BCUT2D eigenvalue weighted by molar-refractivity contribution is 14.1. The fourth-order valence-corrected chi connectivity index (χ4v) is 1.54. The van der Waals surface area contributed by atoms with E-state index in [9.17, 15) is 4.79 Å². The van der Waals surface area contributed by atoms with E-state index in [4.69, 9.17) is 4.74 Å². The molecule has 0 aliphatic rings. The van der Waals surface area contributed by atoms with E-state index in [-0.39, 0.29) is 5.56 Å². The number of hydrogen-bond acceptors (Lipinski definition) is 3. The minimum atomic E-state index is 0.0251. The first-order valence-electron chi connectivity index (χ1n) is 4.53. The summed E-state index contributed by atoms with van der Waals surface area (Å²) in [6.45, 7) is 4.04. The third kappa shape index (κ3) is 3.38. The Kier molecular flexibility index (Phi) is 5.10. The van der Waals surface area contributed by atoms with Crippen LogP contribution in [0, 0.1) is 3.57 Å². The molecule has 1 rings (SSSR count). The van der Waals surface area contributed by atoms with Gasteiger partial charge in [0.2, 0.25) is 0 Å². The summed E-state index contributed by atoms with van der Waals surface area (Å²) in [5.74, 6) is 0. The topological polar surface area (TPSA) is 44.1 Å². The molecular weight excluding hydrogens is 295 g/mol. The summed E-state index contributed by atoms with van der Waals surface area (Å²) in [5.41, 5.74) is 0.0251. The van der Waals surface area contributed by atoms with Crippen molar-refractivity contribution in [2.75, 3.05) is 13.2 Å². The van der Waals surface area contributed by atoms with Gasteiger partial charge in [0.15, 0.2) is 0 Å². The van der Waals surface area contributed by atoms with Gasteiger partial charge in [-0.25, -0.2) is 4.98 Å². The van der Waals surface area contributed by atoms with Crippen LogP contribution >= 0.6 is 22.6 Å². The lowest BCUT2D eigenvalue weighted by Crippen LogP contribution is -2.23. The lowest BCUT2D eigenvalue weighted by atomic mass is 10.4. The Labute approximate surface area is 96.4 Å². The molecule has 1 heterocycles. The van der Waals surface area contributed by atoms with Gasteiger partial charge in [0.25, 0.3) is 5.56 Å². The zero-order valence-electron chi connectivity index (χ0n) is 8.07. The molecule has 0 aliphatic heterocycles. The molecule has 1 aromatic rings. The van der Waals surface area contributed by atoms with Gasteiger partial charge in [0.1, 0.15) is 0 Å². The second-order valence-electron chi connectivity index (χ2n) is 2.79. The highest BCUT2D eigenvalue weighted by Gasteiger charge is 1.99. The fraction of sp³-hybridized carbons (Fsp3) is 0.556. The average molecular weight is 308 g/mol. The number of hydrogen-bond donors (Lipinski definition) is 0. The number of aryl methyl sites for hydroxylation is 1. The molecule has 0 aliphatic carbocycles. The quantitative estimate of drug-likeness (QED) is 0.608. The summed E-state index contributed by atoms with van der Waals surface area (Å²) in [5, 5.41) is 0. The van der Waals surface area contributed by atoms with Gasteiger partial charge in [-0.1, -0.05) is 0 Å². The van der Waals surface area contributed by atoms with Gasteiger partial charge in [-0.15, -0.1) is 0 Å². The first kappa shape index (κ1) is 11.6. The lowest BCUT2D eigenvalue weighted by molar-refractivity contribution is 0.141. The fourth-order valence-electron chi connectivity index (χ4n) is 1.06. The minimum Gasteiger partial charge on any atom is -0.382 e. The maximum absolute atomic E-state index is 11.5. The van der Waals surface area contributed by atoms with Crippen molar-refractivity contribution >= 4 is 22.6 Å². The van der Waals surface area contributed by atoms with Crippen LogP contribution in [-0.2, 0) is 11.3 Å². The monoisotopic (exact) mass is 308 g/mol. The van der Waals surface area contributed by atoms with Gasteiger partial charge < -0.3 is 4.74 Å². The zero-order chi connectivity index (χ0) is 10.4. The molecule has 0 aromatic carbocycles. The molecule has 0 bridgehead atoms. The van der Waals surface area contributed by atoms with E-state index in [1.807, 2.05) is 29.5 Å². The first-order valence-corrected chi connectivity index (χ1v) is 5.61. The molecule has 78 valence electrons. The summed E-state index contributed by atoms with van der Waals surface area (Å²) in [4.78, 5) is 15.5. The van der Waals surface area contributed by atoms with Crippen LogP contribution in [0.3, 0.4) is 0 Å². The molecule has 0 saturated carbocycles. The SMILES string of the molecule is CCOCCCn1cncc(I)c1=O. The molecule has 0 spiro atoms. The Balaban J connectivity index is 2.51. The van der Waals surface area contributed by atoms with Crippen LogP contribution in [0.4, 0.5) is 0 Å². The van der Waals surface area contributed by atoms with Gasteiger partial charge in [-0.05, 0) is 35.9 Å². The second-order valence-corrected chi connectivity index (χ2v) is 3.95. The second kappa shape index (κ2) is 6.13. The van der Waals surface area contributed by atoms with Crippen molar-refractivity contribution in [3.05, 3.63) is 26.4 Å². The summed E-state index contributed by atoms with van der Waals surface area (Å²) < 4.78 is 7.45. The van der Waals surface area contributed by atoms with Crippen molar-refractivity contribution in [1.82, 2.24) is 9.55 Å². The lowest BCUT2D eigenvalue weighted by Gasteiger charge is -2.04. The summed E-state index contributed by atoms with van der Waals surface area (Å²) in [6, 6.07) is 0. The Hall–Kier alpha value is -0.430. The molecule has 4 nitrogen and oxygen atoms in total.